The van der Waals surface area contributed by atoms with Crippen LogP contribution in [0.4, 0.5) is 4.39 Å². The molecule has 2 atom stereocenters. The molecule has 0 spiro atoms. The number of hydrogen-bond donors (Lipinski definition) is 1. The van der Waals surface area contributed by atoms with E-state index in [4.69, 9.17) is 5.73 Å². The van der Waals surface area contributed by atoms with Gasteiger partial charge >= 0.3 is 0 Å². The van der Waals surface area contributed by atoms with E-state index >= 15 is 0 Å². The summed E-state index contributed by atoms with van der Waals surface area (Å²) in [5.41, 5.74) is 9.38. The number of nitrogens with two attached hydrogens (primary N) is 1. The van der Waals surface area contributed by atoms with Crippen molar-refractivity contribution in [2.24, 2.45) is 5.73 Å². The average Bonchev–Trinajstić information content (AvgIpc) is 2.38. The highest BCUT2D eigenvalue weighted by Crippen LogP contribution is 2.20. The van der Waals surface area contributed by atoms with Crippen molar-refractivity contribution in [2.45, 2.75) is 24.8 Å². The molecule has 0 saturated carbocycles. The molecule has 0 aliphatic carbocycles. The SMILES string of the molecule is Cc1ccc(C(N)CS(=O)c2cccc(F)c2)c(C)c1. The number of rotatable bonds is 4. The largest absolute Gasteiger partial charge is 0.323 e. The fourth-order valence-corrected chi connectivity index (χ4v) is 3.37. The second kappa shape index (κ2) is 6.29. The zero-order valence-electron chi connectivity index (χ0n) is 11.6. The normalized spacial score (nSPS) is 14.0. The van der Waals surface area contributed by atoms with Crippen LogP contribution in [-0.2, 0) is 10.8 Å². The quantitative estimate of drug-likeness (QED) is 0.939. The average molecular weight is 291 g/mol. The molecule has 2 nitrogen and oxygen atoms in total. The van der Waals surface area contributed by atoms with Gasteiger partial charge < -0.3 is 5.73 Å². The van der Waals surface area contributed by atoms with Crippen molar-refractivity contribution in [1.82, 2.24) is 0 Å². The highest BCUT2D eigenvalue weighted by atomic mass is 32.2. The predicted octanol–water partition coefficient (Wildman–Crippen LogP) is 3.25. The molecule has 0 fully saturated rings. The van der Waals surface area contributed by atoms with Crippen LogP contribution in [0.15, 0.2) is 47.4 Å². The van der Waals surface area contributed by atoms with E-state index in [2.05, 4.69) is 6.07 Å². The predicted molar refractivity (Wildman–Crippen MR) is 80.5 cm³/mol. The minimum Gasteiger partial charge on any atom is -0.323 e. The Morgan fingerprint density at radius 2 is 1.95 bits per heavy atom. The molecule has 2 unspecified atom stereocenters. The van der Waals surface area contributed by atoms with Gasteiger partial charge in [0.1, 0.15) is 5.82 Å². The molecule has 106 valence electrons. The molecular weight excluding hydrogens is 273 g/mol. The zero-order valence-corrected chi connectivity index (χ0v) is 12.4. The maximum atomic E-state index is 13.1. The van der Waals surface area contributed by atoms with Crippen molar-refractivity contribution in [3.05, 3.63) is 65.0 Å². The van der Waals surface area contributed by atoms with Gasteiger partial charge in [-0.2, -0.15) is 0 Å². The number of aryl methyl sites for hydroxylation is 2. The summed E-state index contributed by atoms with van der Waals surface area (Å²) in [6.45, 7) is 4.01. The van der Waals surface area contributed by atoms with Gasteiger partial charge in [-0.3, -0.25) is 4.21 Å². The minimum absolute atomic E-state index is 0.285. The summed E-state index contributed by atoms with van der Waals surface area (Å²) in [4.78, 5) is 0.477. The van der Waals surface area contributed by atoms with Gasteiger partial charge in [0.25, 0.3) is 0 Å². The van der Waals surface area contributed by atoms with Crippen LogP contribution in [0.25, 0.3) is 0 Å². The molecular formula is C16H18FNOS. The van der Waals surface area contributed by atoms with Gasteiger partial charge in [0, 0.05) is 16.7 Å². The van der Waals surface area contributed by atoms with Crippen LogP contribution in [-0.4, -0.2) is 9.96 Å². The van der Waals surface area contributed by atoms with E-state index in [1.54, 1.807) is 12.1 Å². The third kappa shape index (κ3) is 3.52. The summed E-state index contributed by atoms with van der Waals surface area (Å²) in [7, 11) is -1.30. The third-order valence-electron chi connectivity index (χ3n) is 3.21. The van der Waals surface area contributed by atoms with E-state index in [0.717, 1.165) is 11.1 Å². The van der Waals surface area contributed by atoms with Crippen molar-refractivity contribution in [3.63, 3.8) is 0 Å². The minimum atomic E-state index is -1.30. The van der Waals surface area contributed by atoms with Crippen LogP contribution < -0.4 is 5.73 Å². The molecule has 2 rings (SSSR count). The van der Waals surface area contributed by atoms with E-state index in [1.807, 2.05) is 26.0 Å². The molecule has 0 aliphatic heterocycles. The van der Waals surface area contributed by atoms with Gasteiger partial charge in [0.15, 0.2) is 0 Å². The van der Waals surface area contributed by atoms with Crippen LogP contribution in [0.3, 0.4) is 0 Å². The second-order valence-corrected chi connectivity index (χ2v) is 6.43. The van der Waals surface area contributed by atoms with Crippen LogP contribution in [0.1, 0.15) is 22.7 Å². The summed E-state index contributed by atoms with van der Waals surface area (Å²) < 4.78 is 25.4. The first-order valence-electron chi connectivity index (χ1n) is 6.44. The van der Waals surface area contributed by atoms with E-state index in [0.29, 0.717) is 4.90 Å². The topological polar surface area (TPSA) is 43.1 Å². The summed E-state index contributed by atoms with van der Waals surface area (Å²) >= 11 is 0. The maximum Gasteiger partial charge on any atom is 0.124 e. The number of benzene rings is 2. The van der Waals surface area contributed by atoms with Gasteiger partial charge in [-0.15, -0.1) is 0 Å². The lowest BCUT2D eigenvalue weighted by Crippen LogP contribution is -2.19. The van der Waals surface area contributed by atoms with Crippen LogP contribution in [0, 0.1) is 19.7 Å². The van der Waals surface area contributed by atoms with Gasteiger partial charge in [0.2, 0.25) is 0 Å². The fourth-order valence-electron chi connectivity index (χ4n) is 2.20. The van der Waals surface area contributed by atoms with Crippen molar-refractivity contribution >= 4 is 10.8 Å². The van der Waals surface area contributed by atoms with E-state index in [9.17, 15) is 8.60 Å². The molecule has 2 N–H and O–H groups in total. The van der Waals surface area contributed by atoms with Gasteiger partial charge in [-0.25, -0.2) is 4.39 Å². The molecule has 0 aromatic heterocycles. The second-order valence-electron chi connectivity index (χ2n) is 4.94. The van der Waals surface area contributed by atoms with Crippen molar-refractivity contribution in [3.8, 4) is 0 Å². The molecule has 2 aromatic carbocycles. The highest BCUT2D eigenvalue weighted by Gasteiger charge is 2.14. The van der Waals surface area contributed by atoms with Crippen molar-refractivity contribution < 1.29 is 8.60 Å². The molecule has 4 heteroatoms. The fraction of sp³-hybridized carbons (Fsp3) is 0.250. The number of halogens is 1. The van der Waals surface area contributed by atoms with Crippen LogP contribution in [0.2, 0.25) is 0 Å². The summed E-state index contributed by atoms with van der Waals surface area (Å²) in [5, 5.41) is 0. The smallest absolute Gasteiger partial charge is 0.124 e. The lowest BCUT2D eigenvalue weighted by atomic mass is 10.0. The van der Waals surface area contributed by atoms with Crippen LogP contribution >= 0.6 is 0 Å². The Balaban J connectivity index is 2.15. The summed E-state index contributed by atoms with van der Waals surface area (Å²) in [5.74, 6) is -0.0937. The first kappa shape index (κ1) is 14.9. The Labute approximate surface area is 121 Å². The van der Waals surface area contributed by atoms with Crippen molar-refractivity contribution in [1.29, 1.82) is 0 Å². The lowest BCUT2D eigenvalue weighted by Gasteiger charge is -2.15. The first-order valence-corrected chi connectivity index (χ1v) is 7.76. The molecule has 0 saturated heterocycles. The van der Waals surface area contributed by atoms with Crippen LogP contribution in [0.5, 0.6) is 0 Å². The molecule has 0 amide bonds. The molecule has 0 heterocycles. The third-order valence-corrected chi connectivity index (χ3v) is 4.66. The highest BCUT2D eigenvalue weighted by molar-refractivity contribution is 7.85. The molecule has 20 heavy (non-hydrogen) atoms. The van der Waals surface area contributed by atoms with Gasteiger partial charge in [-0.1, -0.05) is 29.8 Å². The van der Waals surface area contributed by atoms with Crippen molar-refractivity contribution in [2.75, 3.05) is 5.75 Å². The summed E-state index contributed by atoms with van der Waals surface area (Å²) in [6, 6.07) is 11.6. The Morgan fingerprint density at radius 3 is 2.60 bits per heavy atom. The molecule has 0 bridgehead atoms. The Hall–Kier alpha value is -1.52. The van der Waals surface area contributed by atoms with E-state index in [-0.39, 0.29) is 17.6 Å². The summed E-state index contributed by atoms with van der Waals surface area (Å²) in [6.07, 6.45) is 0. The molecule has 0 aliphatic rings. The molecule has 0 radical (unpaired) electrons. The Bertz CT molecular complexity index is 642. The van der Waals surface area contributed by atoms with Gasteiger partial charge in [-0.05, 0) is 43.2 Å². The van der Waals surface area contributed by atoms with E-state index in [1.165, 1.54) is 17.7 Å². The number of hydrogen-bond acceptors (Lipinski definition) is 2. The standard InChI is InChI=1S/C16H18FNOS/c1-11-6-7-15(12(2)8-11)16(18)10-20(19)14-5-3-4-13(17)9-14/h3-9,16H,10,18H2,1-2H3. The zero-order chi connectivity index (χ0) is 14.7. The monoisotopic (exact) mass is 291 g/mol. The van der Waals surface area contributed by atoms with Gasteiger partial charge in [0.05, 0.1) is 10.8 Å². The Morgan fingerprint density at radius 1 is 1.20 bits per heavy atom. The lowest BCUT2D eigenvalue weighted by molar-refractivity contribution is 0.622. The van der Waals surface area contributed by atoms with E-state index < -0.39 is 10.8 Å². The Kier molecular flexibility index (Phi) is 4.68. The molecule has 2 aromatic rings. The maximum absolute atomic E-state index is 13.1. The first-order chi connectivity index (χ1) is 9.47.